The minimum absolute atomic E-state index is 0.598. The third-order valence-electron chi connectivity index (χ3n) is 8.95. The number of hydrogen-bond donors (Lipinski definition) is 0. The summed E-state index contributed by atoms with van der Waals surface area (Å²) in [6, 6.07) is 54.6. The molecule has 0 aliphatic heterocycles. The molecule has 250 valence electrons. The van der Waals surface area contributed by atoms with Crippen LogP contribution in [0, 0.1) is 0 Å². The second-order valence-corrected chi connectivity index (χ2v) is 12.2. The van der Waals surface area contributed by atoms with Crippen LogP contribution in [0.15, 0.2) is 170 Å². The number of aldehydes is 4. The fourth-order valence-corrected chi connectivity index (χ4v) is 6.16. The Bertz CT molecular complexity index is 2040. The molecular formula is C46H32N2O4. The van der Waals surface area contributed by atoms with Crippen molar-refractivity contribution in [3.8, 4) is 22.3 Å². The van der Waals surface area contributed by atoms with Crippen LogP contribution in [0.4, 0.5) is 34.1 Å². The van der Waals surface area contributed by atoms with E-state index >= 15 is 0 Å². The molecule has 0 fully saturated rings. The average Bonchev–Trinajstić information content (AvgIpc) is 3.22. The Labute approximate surface area is 301 Å². The highest BCUT2D eigenvalue weighted by Crippen LogP contribution is 2.38. The number of carbonyl (C=O) groups is 4. The van der Waals surface area contributed by atoms with Crippen LogP contribution in [0.1, 0.15) is 41.4 Å². The Kier molecular flexibility index (Phi) is 9.71. The molecule has 0 N–H and O–H groups in total. The van der Waals surface area contributed by atoms with Gasteiger partial charge in [-0.05, 0) is 144 Å². The molecule has 0 amide bonds. The average molecular weight is 677 g/mol. The first-order chi connectivity index (χ1) is 25.6. The first-order valence-electron chi connectivity index (χ1n) is 16.7. The second-order valence-electron chi connectivity index (χ2n) is 12.2. The van der Waals surface area contributed by atoms with Gasteiger partial charge in [-0.3, -0.25) is 19.2 Å². The van der Waals surface area contributed by atoms with Gasteiger partial charge >= 0.3 is 0 Å². The van der Waals surface area contributed by atoms with Crippen molar-refractivity contribution in [2.45, 2.75) is 0 Å². The number of rotatable bonds is 12. The molecule has 0 aliphatic rings. The third kappa shape index (κ3) is 7.08. The maximum absolute atomic E-state index is 11.3. The fourth-order valence-electron chi connectivity index (χ4n) is 6.16. The van der Waals surface area contributed by atoms with Crippen LogP contribution in [0.5, 0.6) is 0 Å². The smallest absolute Gasteiger partial charge is 0.150 e. The molecular weight excluding hydrogens is 645 g/mol. The first kappa shape index (κ1) is 33.3. The summed E-state index contributed by atoms with van der Waals surface area (Å²) in [7, 11) is 0. The monoisotopic (exact) mass is 676 g/mol. The molecule has 7 aromatic carbocycles. The molecule has 0 spiro atoms. The van der Waals surface area contributed by atoms with Crippen LogP contribution in [-0.4, -0.2) is 25.1 Å². The summed E-state index contributed by atoms with van der Waals surface area (Å²) in [5.74, 6) is 0. The number of hydrogen-bond acceptors (Lipinski definition) is 6. The Morgan fingerprint density at radius 2 is 0.385 bits per heavy atom. The van der Waals surface area contributed by atoms with E-state index in [2.05, 4.69) is 82.6 Å². The number of benzene rings is 7. The molecule has 0 atom stereocenters. The molecule has 52 heavy (non-hydrogen) atoms. The number of carbonyl (C=O) groups excluding carboxylic acids is 4. The van der Waals surface area contributed by atoms with Crippen LogP contribution in [0.25, 0.3) is 22.3 Å². The molecule has 0 heterocycles. The van der Waals surface area contributed by atoms with E-state index in [1.165, 1.54) is 0 Å². The van der Waals surface area contributed by atoms with Gasteiger partial charge in [0.05, 0.1) is 0 Å². The van der Waals surface area contributed by atoms with Crippen LogP contribution in [0.3, 0.4) is 0 Å². The van der Waals surface area contributed by atoms with Gasteiger partial charge in [-0.15, -0.1) is 0 Å². The van der Waals surface area contributed by atoms with Gasteiger partial charge in [-0.2, -0.15) is 0 Å². The quantitative estimate of drug-likeness (QED) is 0.120. The normalized spacial score (nSPS) is 10.6. The lowest BCUT2D eigenvalue weighted by atomic mass is 9.99. The van der Waals surface area contributed by atoms with E-state index in [1.54, 1.807) is 48.5 Å². The highest BCUT2D eigenvalue weighted by atomic mass is 16.1. The van der Waals surface area contributed by atoms with Gasteiger partial charge in [0.2, 0.25) is 0 Å². The lowest BCUT2D eigenvalue weighted by molar-refractivity contribution is 0.111. The van der Waals surface area contributed by atoms with E-state index in [4.69, 9.17) is 0 Å². The second kappa shape index (κ2) is 15.2. The molecule has 0 aromatic heterocycles. The number of anilines is 6. The summed E-state index contributed by atoms with van der Waals surface area (Å²) in [5, 5.41) is 0. The number of nitrogens with zero attached hydrogens (tertiary/aromatic N) is 2. The highest BCUT2D eigenvalue weighted by Gasteiger charge is 2.15. The van der Waals surface area contributed by atoms with Gasteiger partial charge in [0.1, 0.15) is 25.1 Å². The van der Waals surface area contributed by atoms with E-state index in [9.17, 15) is 19.2 Å². The minimum Gasteiger partial charge on any atom is -0.311 e. The summed E-state index contributed by atoms with van der Waals surface area (Å²) < 4.78 is 0. The van der Waals surface area contributed by atoms with Gasteiger partial charge in [-0.1, -0.05) is 48.5 Å². The Hall–Kier alpha value is -7.18. The zero-order valence-corrected chi connectivity index (χ0v) is 28.0. The summed E-state index contributed by atoms with van der Waals surface area (Å²) >= 11 is 0. The molecule has 0 aliphatic carbocycles. The van der Waals surface area contributed by atoms with Crippen LogP contribution in [0.2, 0.25) is 0 Å². The van der Waals surface area contributed by atoms with E-state index in [0.29, 0.717) is 22.3 Å². The summed E-state index contributed by atoms with van der Waals surface area (Å²) in [4.78, 5) is 49.3. The molecule has 7 aromatic rings. The summed E-state index contributed by atoms with van der Waals surface area (Å²) in [5.41, 5.74) is 12.1. The summed E-state index contributed by atoms with van der Waals surface area (Å²) in [6.07, 6.45) is 3.30. The Morgan fingerprint density at radius 3 is 0.558 bits per heavy atom. The van der Waals surface area contributed by atoms with Gasteiger partial charge in [-0.25, -0.2) is 0 Å². The van der Waals surface area contributed by atoms with Crippen LogP contribution in [-0.2, 0) is 0 Å². The highest BCUT2D eigenvalue weighted by molar-refractivity contribution is 5.85. The zero-order valence-electron chi connectivity index (χ0n) is 28.0. The van der Waals surface area contributed by atoms with Gasteiger partial charge in [0, 0.05) is 56.4 Å². The third-order valence-corrected chi connectivity index (χ3v) is 8.95. The molecule has 0 unspecified atom stereocenters. The van der Waals surface area contributed by atoms with Crippen molar-refractivity contribution >= 4 is 59.3 Å². The largest absolute Gasteiger partial charge is 0.311 e. The molecule has 0 saturated carbocycles. The van der Waals surface area contributed by atoms with Gasteiger partial charge in [0.15, 0.2) is 0 Å². The van der Waals surface area contributed by atoms with Crippen molar-refractivity contribution < 1.29 is 19.2 Å². The summed E-state index contributed by atoms with van der Waals surface area (Å²) in [6.45, 7) is 0. The van der Waals surface area contributed by atoms with E-state index in [0.717, 1.165) is 81.5 Å². The van der Waals surface area contributed by atoms with E-state index in [1.807, 2.05) is 48.5 Å². The van der Waals surface area contributed by atoms with Crippen LogP contribution < -0.4 is 9.80 Å². The van der Waals surface area contributed by atoms with E-state index in [-0.39, 0.29) is 0 Å². The maximum Gasteiger partial charge on any atom is 0.150 e. The lowest BCUT2D eigenvalue weighted by Gasteiger charge is -2.26. The minimum atomic E-state index is 0.598. The SMILES string of the molecule is O=Cc1ccc(N(c2ccc(C=O)cc2)c2ccc(-c3ccc(-c4ccc(N(c5ccc(C=O)cc5)c5ccc(C=O)cc5)cc4)cc3)cc2)cc1. The maximum atomic E-state index is 11.3. The standard InChI is InChI=1S/C46H32N2O4/c49-29-33-1-17-41(18-2-33)47(42-19-3-34(30-50)4-20-42)45-25-13-39(14-26-45)37-9-11-38(12-10-37)40-15-27-46(28-16-40)48(43-21-5-35(31-51)6-22-43)44-23-7-36(32-52)8-24-44/h1-32H. The predicted octanol–water partition coefficient (Wildman–Crippen LogP) is 11.2. The lowest BCUT2D eigenvalue weighted by Crippen LogP contribution is -2.10. The Balaban J connectivity index is 1.13. The predicted molar refractivity (Wildman–Crippen MR) is 208 cm³/mol. The van der Waals surface area contributed by atoms with Crippen molar-refractivity contribution in [3.05, 3.63) is 192 Å². The fraction of sp³-hybridized carbons (Fsp3) is 0. The van der Waals surface area contributed by atoms with Crippen molar-refractivity contribution in [3.63, 3.8) is 0 Å². The molecule has 7 rings (SSSR count). The Morgan fingerprint density at radius 1 is 0.231 bits per heavy atom. The van der Waals surface area contributed by atoms with Crippen molar-refractivity contribution in [2.75, 3.05) is 9.80 Å². The van der Waals surface area contributed by atoms with E-state index < -0.39 is 0 Å². The van der Waals surface area contributed by atoms with Crippen molar-refractivity contribution in [1.29, 1.82) is 0 Å². The topological polar surface area (TPSA) is 74.8 Å². The molecule has 0 bridgehead atoms. The molecule has 0 saturated heterocycles. The first-order valence-corrected chi connectivity index (χ1v) is 16.7. The molecule has 0 radical (unpaired) electrons. The molecule has 6 heteroatoms. The van der Waals surface area contributed by atoms with Gasteiger partial charge < -0.3 is 9.80 Å². The van der Waals surface area contributed by atoms with Crippen LogP contribution >= 0.6 is 0 Å². The van der Waals surface area contributed by atoms with Gasteiger partial charge in [0.25, 0.3) is 0 Å². The van der Waals surface area contributed by atoms with Crippen molar-refractivity contribution in [1.82, 2.24) is 0 Å². The zero-order chi connectivity index (χ0) is 35.9. The molecule has 6 nitrogen and oxygen atoms in total. The van der Waals surface area contributed by atoms with Crippen molar-refractivity contribution in [2.24, 2.45) is 0 Å².